The monoisotopic (exact) mass is 212 g/mol. The maximum Gasteiger partial charge on any atom is 0.0107 e. The van der Waals surface area contributed by atoms with E-state index in [1.54, 1.807) is 0 Å². The average Bonchev–Trinajstić information content (AvgIpc) is 2.25. The van der Waals surface area contributed by atoms with Crippen molar-refractivity contribution in [2.75, 3.05) is 26.2 Å². The molecule has 0 aromatic carbocycles. The lowest BCUT2D eigenvalue weighted by atomic mass is 9.87. The fraction of sp³-hybridized carbons (Fsp3) is 1.00. The van der Waals surface area contributed by atoms with Crippen LogP contribution >= 0.6 is 0 Å². The van der Waals surface area contributed by atoms with E-state index in [2.05, 4.69) is 31.0 Å². The van der Waals surface area contributed by atoms with Gasteiger partial charge in [-0.15, -0.1) is 0 Å². The van der Waals surface area contributed by atoms with Crippen molar-refractivity contribution in [3.05, 3.63) is 0 Å². The molecular formula is C13H28N2. The Morgan fingerprint density at radius 3 is 2.53 bits per heavy atom. The van der Waals surface area contributed by atoms with Crippen molar-refractivity contribution in [2.24, 2.45) is 5.92 Å². The zero-order valence-electron chi connectivity index (χ0n) is 10.8. The van der Waals surface area contributed by atoms with Crippen molar-refractivity contribution in [3.8, 4) is 0 Å². The summed E-state index contributed by atoms with van der Waals surface area (Å²) in [5.41, 5.74) is 0. The molecule has 0 radical (unpaired) electrons. The third kappa shape index (κ3) is 4.98. The van der Waals surface area contributed by atoms with Crippen LogP contribution in [0.4, 0.5) is 0 Å². The molecule has 1 aliphatic carbocycles. The Morgan fingerprint density at radius 1 is 1.20 bits per heavy atom. The molecule has 0 spiro atoms. The minimum atomic E-state index is 0.796. The van der Waals surface area contributed by atoms with Gasteiger partial charge in [-0.3, -0.25) is 0 Å². The van der Waals surface area contributed by atoms with Crippen molar-refractivity contribution in [1.29, 1.82) is 0 Å². The van der Waals surface area contributed by atoms with E-state index in [1.807, 2.05) is 0 Å². The molecule has 1 saturated carbocycles. The van der Waals surface area contributed by atoms with Crippen LogP contribution in [0.15, 0.2) is 0 Å². The first-order valence-electron chi connectivity index (χ1n) is 6.72. The SMILES string of the molecule is CCN(CC)CCN[C@@H]1CCC[C@@H](C)C1. The summed E-state index contributed by atoms with van der Waals surface area (Å²) in [5, 5.41) is 3.71. The maximum absolute atomic E-state index is 3.71. The highest BCUT2D eigenvalue weighted by Crippen LogP contribution is 2.23. The smallest absolute Gasteiger partial charge is 0.0107 e. The number of rotatable bonds is 6. The van der Waals surface area contributed by atoms with Crippen molar-refractivity contribution in [3.63, 3.8) is 0 Å². The quantitative estimate of drug-likeness (QED) is 0.728. The number of nitrogens with one attached hydrogen (secondary N) is 1. The number of likely N-dealkylation sites (N-methyl/N-ethyl adjacent to an activating group) is 1. The summed E-state index contributed by atoms with van der Waals surface area (Å²) in [6.45, 7) is 11.6. The summed E-state index contributed by atoms with van der Waals surface area (Å²) in [4.78, 5) is 2.49. The molecule has 2 heteroatoms. The van der Waals surface area contributed by atoms with Crippen molar-refractivity contribution >= 4 is 0 Å². The molecule has 0 heterocycles. The summed E-state index contributed by atoms with van der Waals surface area (Å²) in [5.74, 6) is 0.935. The van der Waals surface area contributed by atoms with E-state index in [0.717, 1.165) is 12.0 Å². The van der Waals surface area contributed by atoms with E-state index in [-0.39, 0.29) is 0 Å². The van der Waals surface area contributed by atoms with E-state index in [0.29, 0.717) is 0 Å². The molecule has 15 heavy (non-hydrogen) atoms. The molecule has 0 unspecified atom stereocenters. The molecule has 0 bridgehead atoms. The molecule has 0 amide bonds. The van der Waals surface area contributed by atoms with Gasteiger partial charge in [-0.25, -0.2) is 0 Å². The Kier molecular flexibility index (Phi) is 6.26. The van der Waals surface area contributed by atoms with Gasteiger partial charge in [-0.1, -0.05) is 33.6 Å². The minimum absolute atomic E-state index is 0.796. The Morgan fingerprint density at radius 2 is 1.93 bits per heavy atom. The van der Waals surface area contributed by atoms with Gasteiger partial charge in [0.1, 0.15) is 0 Å². The Hall–Kier alpha value is -0.0800. The van der Waals surface area contributed by atoms with E-state index in [1.165, 1.54) is 51.9 Å². The lowest BCUT2D eigenvalue weighted by Crippen LogP contribution is -2.39. The second-order valence-corrected chi connectivity index (χ2v) is 4.95. The summed E-state index contributed by atoms with van der Waals surface area (Å²) < 4.78 is 0. The normalized spacial score (nSPS) is 27.2. The minimum Gasteiger partial charge on any atom is -0.313 e. The Balaban J connectivity index is 2.08. The topological polar surface area (TPSA) is 15.3 Å². The highest BCUT2D eigenvalue weighted by molar-refractivity contribution is 4.76. The van der Waals surface area contributed by atoms with Crippen molar-refractivity contribution in [2.45, 2.75) is 52.5 Å². The standard InChI is InChI=1S/C13H28N2/c1-4-15(5-2)10-9-14-13-8-6-7-12(3)11-13/h12-14H,4-11H2,1-3H3/t12-,13-/m1/s1. The summed E-state index contributed by atoms with van der Waals surface area (Å²) >= 11 is 0. The van der Waals surface area contributed by atoms with Crippen LogP contribution in [-0.4, -0.2) is 37.1 Å². The first-order valence-corrected chi connectivity index (χ1v) is 6.72. The van der Waals surface area contributed by atoms with Crippen LogP contribution in [0.25, 0.3) is 0 Å². The molecule has 1 N–H and O–H groups in total. The van der Waals surface area contributed by atoms with Gasteiger partial charge in [0, 0.05) is 19.1 Å². The van der Waals surface area contributed by atoms with E-state index in [9.17, 15) is 0 Å². The fourth-order valence-electron chi connectivity index (χ4n) is 2.59. The summed E-state index contributed by atoms with van der Waals surface area (Å²) in [6.07, 6.45) is 5.64. The Bertz CT molecular complexity index is 155. The molecule has 0 aliphatic heterocycles. The van der Waals surface area contributed by atoms with Crippen LogP contribution in [0, 0.1) is 5.92 Å². The second-order valence-electron chi connectivity index (χ2n) is 4.95. The molecule has 0 saturated heterocycles. The van der Waals surface area contributed by atoms with Gasteiger partial charge in [-0.2, -0.15) is 0 Å². The van der Waals surface area contributed by atoms with Gasteiger partial charge in [0.05, 0.1) is 0 Å². The van der Waals surface area contributed by atoms with Gasteiger partial charge >= 0.3 is 0 Å². The first-order chi connectivity index (χ1) is 7.26. The van der Waals surface area contributed by atoms with Crippen LogP contribution in [0.5, 0.6) is 0 Å². The lowest BCUT2D eigenvalue weighted by molar-refractivity contribution is 0.266. The van der Waals surface area contributed by atoms with Crippen LogP contribution in [0.1, 0.15) is 46.5 Å². The Labute approximate surface area is 95.4 Å². The third-order valence-corrected chi connectivity index (χ3v) is 3.69. The zero-order valence-corrected chi connectivity index (χ0v) is 10.8. The molecule has 0 aromatic heterocycles. The maximum atomic E-state index is 3.71. The molecule has 0 aromatic rings. The van der Waals surface area contributed by atoms with E-state index < -0.39 is 0 Å². The fourth-order valence-corrected chi connectivity index (χ4v) is 2.59. The molecule has 90 valence electrons. The van der Waals surface area contributed by atoms with Crippen LogP contribution in [0.2, 0.25) is 0 Å². The predicted molar refractivity (Wildman–Crippen MR) is 67.2 cm³/mol. The van der Waals surface area contributed by atoms with Crippen LogP contribution < -0.4 is 5.32 Å². The molecule has 2 nitrogen and oxygen atoms in total. The molecule has 1 fully saturated rings. The second kappa shape index (κ2) is 7.24. The molecule has 1 aliphatic rings. The van der Waals surface area contributed by atoms with Gasteiger partial charge in [0.15, 0.2) is 0 Å². The zero-order chi connectivity index (χ0) is 11.1. The molecular weight excluding hydrogens is 184 g/mol. The first kappa shape index (κ1) is 13.0. The number of hydrogen-bond donors (Lipinski definition) is 1. The highest BCUT2D eigenvalue weighted by atomic mass is 15.1. The van der Waals surface area contributed by atoms with Crippen molar-refractivity contribution in [1.82, 2.24) is 10.2 Å². The molecule has 2 atom stereocenters. The van der Waals surface area contributed by atoms with Gasteiger partial charge < -0.3 is 10.2 Å². The van der Waals surface area contributed by atoms with Crippen LogP contribution in [-0.2, 0) is 0 Å². The van der Waals surface area contributed by atoms with Crippen molar-refractivity contribution < 1.29 is 0 Å². The molecule has 1 rings (SSSR count). The third-order valence-electron chi connectivity index (χ3n) is 3.69. The van der Waals surface area contributed by atoms with Crippen LogP contribution in [0.3, 0.4) is 0 Å². The van der Waals surface area contributed by atoms with E-state index >= 15 is 0 Å². The van der Waals surface area contributed by atoms with Gasteiger partial charge in [0.25, 0.3) is 0 Å². The van der Waals surface area contributed by atoms with Gasteiger partial charge in [-0.05, 0) is 31.8 Å². The number of nitrogens with zero attached hydrogens (tertiary/aromatic N) is 1. The summed E-state index contributed by atoms with van der Waals surface area (Å²) in [7, 11) is 0. The van der Waals surface area contributed by atoms with E-state index in [4.69, 9.17) is 0 Å². The lowest BCUT2D eigenvalue weighted by Gasteiger charge is -2.28. The largest absolute Gasteiger partial charge is 0.313 e. The number of hydrogen-bond acceptors (Lipinski definition) is 2. The summed E-state index contributed by atoms with van der Waals surface area (Å²) in [6, 6.07) is 0.796. The highest BCUT2D eigenvalue weighted by Gasteiger charge is 2.17. The average molecular weight is 212 g/mol. The van der Waals surface area contributed by atoms with Gasteiger partial charge in [0.2, 0.25) is 0 Å². The predicted octanol–water partition coefficient (Wildman–Crippen LogP) is 2.50.